The van der Waals surface area contributed by atoms with Crippen LogP contribution in [0.15, 0.2) is 6.07 Å². The molecule has 1 aromatic carbocycles. The Labute approximate surface area is 204 Å². The molecule has 1 aliphatic carbocycles. The maximum atomic E-state index is 14.8. The number of alkyl halides is 2. The molecule has 0 unspecified atom stereocenters. The summed E-state index contributed by atoms with van der Waals surface area (Å²) in [7, 11) is 1.43. The minimum Gasteiger partial charge on any atom is -0.484 e. The number of nitrogens with one attached hydrogen (secondary N) is 1. The first-order chi connectivity index (χ1) is 17.0. The fourth-order valence-electron chi connectivity index (χ4n) is 3.86. The lowest BCUT2D eigenvalue weighted by atomic mass is 9.95. The van der Waals surface area contributed by atoms with Crippen molar-refractivity contribution in [2.75, 3.05) is 19.8 Å². The summed E-state index contributed by atoms with van der Waals surface area (Å²) in [5.41, 5.74) is 4.28. The molecule has 200 valence electrons. The maximum absolute atomic E-state index is 14.8. The number of nitrogens with two attached hydrogens (primary N) is 1. The Kier molecular flexibility index (Phi) is 9.18. The molecule has 3 N–H and O–H groups in total. The number of fused-ring (bicyclic) bond motifs is 1. The summed E-state index contributed by atoms with van der Waals surface area (Å²) in [5, 5.41) is 2.62. The Morgan fingerprint density at radius 3 is 2.50 bits per heavy atom. The van der Waals surface area contributed by atoms with Gasteiger partial charge in [0.05, 0.1) is 12.7 Å². The van der Waals surface area contributed by atoms with Crippen molar-refractivity contribution >= 4 is 23.0 Å². The number of benzene rings is 1. The van der Waals surface area contributed by atoms with Crippen LogP contribution in [0, 0.1) is 11.6 Å². The second kappa shape index (κ2) is 12.1. The Hall–Kier alpha value is -3.29. The van der Waals surface area contributed by atoms with E-state index in [2.05, 4.69) is 19.8 Å². The number of primary amides is 1. The molecule has 0 spiro atoms. The number of carbonyl (C=O) groups excluding carboxylic acids is 2. The minimum atomic E-state index is -2.84. The van der Waals surface area contributed by atoms with Gasteiger partial charge in [0, 0.05) is 19.2 Å². The van der Waals surface area contributed by atoms with E-state index in [9.17, 15) is 27.2 Å². The zero-order chi connectivity index (χ0) is 26.4. The highest BCUT2D eigenvalue weighted by Gasteiger charge is 2.27. The topological polar surface area (TPSA) is 127 Å². The molecule has 0 bridgehead atoms. The van der Waals surface area contributed by atoms with E-state index in [0.717, 1.165) is 0 Å². The van der Waals surface area contributed by atoms with E-state index in [-0.39, 0.29) is 41.9 Å². The van der Waals surface area contributed by atoms with E-state index in [1.54, 1.807) is 6.92 Å². The standard InChI is InChI=1S/C22H28F4N4O6/c1-11(28-17(31)10-35-21(27)32)8-33-12-3-5-13(6-4-12)36-22-29-19-14(23)7-15(34-9-16(24)25)18(26)20(19)30(22)2/h7,11-13,16H,3-6,8-10H2,1-2H3,(H2,27,32)(H,28,31)/t11-,12?,13?/m0/s1. The highest BCUT2D eigenvalue weighted by molar-refractivity contribution is 5.80. The molecular weight excluding hydrogens is 492 g/mol. The van der Waals surface area contributed by atoms with E-state index in [0.29, 0.717) is 31.7 Å². The van der Waals surface area contributed by atoms with Gasteiger partial charge < -0.3 is 30.0 Å². The second-order valence-corrected chi connectivity index (χ2v) is 8.45. The Morgan fingerprint density at radius 2 is 1.86 bits per heavy atom. The molecule has 0 aliphatic heterocycles. The van der Waals surface area contributed by atoms with Crippen LogP contribution in [0.2, 0.25) is 0 Å². The molecule has 1 saturated carbocycles. The van der Waals surface area contributed by atoms with Crippen LogP contribution in [0.3, 0.4) is 0 Å². The number of halogens is 4. The molecule has 1 fully saturated rings. The maximum Gasteiger partial charge on any atom is 0.405 e. The average molecular weight is 520 g/mol. The third kappa shape index (κ3) is 7.12. The van der Waals surface area contributed by atoms with Crippen LogP contribution in [0.4, 0.5) is 22.4 Å². The number of ether oxygens (including phenoxy) is 4. The summed E-state index contributed by atoms with van der Waals surface area (Å²) in [6.07, 6.45) is -1.74. The molecule has 1 heterocycles. The first kappa shape index (κ1) is 27.3. The van der Waals surface area contributed by atoms with Crippen molar-refractivity contribution in [3.8, 4) is 11.8 Å². The van der Waals surface area contributed by atoms with E-state index >= 15 is 0 Å². The fourth-order valence-corrected chi connectivity index (χ4v) is 3.86. The van der Waals surface area contributed by atoms with Crippen molar-refractivity contribution < 1.29 is 46.1 Å². The van der Waals surface area contributed by atoms with Crippen LogP contribution in [-0.4, -0.2) is 66.0 Å². The van der Waals surface area contributed by atoms with Crippen LogP contribution in [0.5, 0.6) is 11.8 Å². The van der Waals surface area contributed by atoms with Gasteiger partial charge in [0.25, 0.3) is 18.3 Å². The van der Waals surface area contributed by atoms with Crippen LogP contribution in [0.1, 0.15) is 32.6 Å². The molecule has 36 heavy (non-hydrogen) atoms. The van der Waals surface area contributed by atoms with Gasteiger partial charge in [-0.15, -0.1) is 0 Å². The van der Waals surface area contributed by atoms with Gasteiger partial charge in [-0.2, -0.15) is 4.98 Å². The first-order valence-electron chi connectivity index (χ1n) is 11.3. The van der Waals surface area contributed by atoms with Gasteiger partial charge in [0.15, 0.2) is 24.0 Å². The SMILES string of the molecule is C[C@@H](COC1CCC(Oc2nc3c(F)cc(OCC(F)F)c(F)c3n2C)CC1)NC(=O)COC(N)=O. The third-order valence-corrected chi connectivity index (χ3v) is 5.56. The van der Waals surface area contributed by atoms with Crippen molar-refractivity contribution in [1.82, 2.24) is 14.9 Å². The Morgan fingerprint density at radius 1 is 1.19 bits per heavy atom. The highest BCUT2D eigenvalue weighted by atomic mass is 19.3. The average Bonchev–Trinajstić information content (AvgIpc) is 3.15. The molecule has 14 heteroatoms. The molecule has 2 aromatic rings. The normalized spacial score (nSPS) is 18.8. The smallest absolute Gasteiger partial charge is 0.405 e. The number of rotatable bonds is 11. The van der Waals surface area contributed by atoms with Crippen molar-refractivity contribution in [2.45, 2.75) is 57.3 Å². The molecular formula is C22H28F4N4O6. The zero-order valence-corrected chi connectivity index (χ0v) is 19.8. The van der Waals surface area contributed by atoms with Crippen LogP contribution < -0.4 is 20.5 Å². The van der Waals surface area contributed by atoms with Crippen LogP contribution in [0.25, 0.3) is 11.0 Å². The number of imidazole rings is 1. The molecule has 0 saturated heterocycles. The number of nitrogens with zero attached hydrogens (tertiary/aromatic N) is 2. The number of hydrogen-bond donors (Lipinski definition) is 2. The second-order valence-electron chi connectivity index (χ2n) is 8.45. The lowest BCUT2D eigenvalue weighted by molar-refractivity contribution is -0.125. The molecule has 10 nitrogen and oxygen atoms in total. The fraction of sp³-hybridized carbons (Fsp3) is 0.591. The number of carbonyl (C=O) groups is 2. The lowest BCUT2D eigenvalue weighted by Crippen LogP contribution is -2.40. The third-order valence-electron chi connectivity index (χ3n) is 5.56. The van der Waals surface area contributed by atoms with E-state index in [1.807, 2.05) is 0 Å². The molecule has 1 atom stereocenters. The molecule has 1 aromatic heterocycles. The Balaban J connectivity index is 1.52. The van der Waals surface area contributed by atoms with Crippen molar-refractivity contribution in [3.63, 3.8) is 0 Å². The van der Waals surface area contributed by atoms with Gasteiger partial charge in [-0.3, -0.25) is 9.36 Å². The number of amides is 2. The Bertz CT molecular complexity index is 1070. The van der Waals surface area contributed by atoms with Gasteiger partial charge >= 0.3 is 6.09 Å². The van der Waals surface area contributed by atoms with Gasteiger partial charge in [-0.25, -0.2) is 22.4 Å². The quantitative estimate of drug-likeness (QED) is 0.436. The van der Waals surface area contributed by atoms with Crippen LogP contribution >= 0.6 is 0 Å². The summed E-state index contributed by atoms with van der Waals surface area (Å²) < 4.78 is 76.1. The van der Waals surface area contributed by atoms with Gasteiger partial charge in [0.1, 0.15) is 23.7 Å². The molecule has 1 aliphatic rings. The van der Waals surface area contributed by atoms with Gasteiger partial charge in [-0.1, -0.05) is 0 Å². The lowest BCUT2D eigenvalue weighted by Gasteiger charge is -2.29. The number of hydrogen-bond acceptors (Lipinski definition) is 7. The number of aryl methyl sites for hydroxylation is 1. The molecule has 0 radical (unpaired) electrons. The predicted octanol–water partition coefficient (Wildman–Crippen LogP) is 2.80. The van der Waals surface area contributed by atoms with Crippen molar-refractivity contribution in [2.24, 2.45) is 12.8 Å². The minimum absolute atomic E-state index is 0.00677. The largest absolute Gasteiger partial charge is 0.484 e. The van der Waals surface area contributed by atoms with E-state index in [4.69, 9.17) is 15.2 Å². The highest BCUT2D eigenvalue weighted by Crippen LogP contribution is 2.33. The summed E-state index contributed by atoms with van der Waals surface area (Å²) in [6.45, 7) is 0.452. The van der Waals surface area contributed by atoms with Gasteiger partial charge in [-0.05, 0) is 32.6 Å². The van der Waals surface area contributed by atoms with Gasteiger partial charge in [0.2, 0.25) is 0 Å². The van der Waals surface area contributed by atoms with Crippen molar-refractivity contribution in [3.05, 3.63) is 17.7 Å². The number of aromatic nitrogens is 2. The zero-order valence-electron chi connectivity index (χ0n) is 19.8. The predicted molar refractivity (Wildman–Crippen MR) is 118 cm³/mol. The van der Waals surface area contributed by atoms with Crippen LogP contribution in [-0.2, 0) is 21.3 Å². The first-order valence-corrected chi connectivity index (χ1v) is 11.3. The summed E-state index contributed by atoms with van der Waals surface area (Å²) >= 11 is 0. The van der Waals surface area contributed by atoms with Crippen molar-refractivity contribution in [1.29, 1.82) is 0 Å². The molecule has 3 rings (SSSR count). The summed E-state index contributed by atoms with van der Waals surface area (Å²) in [5.74, 6) is -3.04. The molecule has 2 amide bonds. The van der Waals surface area contributed by atoms with E-state index in [1.165, 1.54) is 11.6 Å². The van der Waals surface area contributed by atoms with E-state index < -0.39 is 49.0 Å². The summed E-state index contributed by atoms with van der Waals surface area (Å²) in [6, 6.07) is 0.364. The monoisotopic (exact) mass is 520 g/mol. The summed E-state index contributed by atoms with van der Waals surface area (Å²) in [4.78, 5) is 26.2.